The first-order chi connectivity index (χ1) is 10.2. The summed E-state index contributed by atoms with van der Waals surface area (Å²) >= 11 is 3.36. The average molecular weight is 343 g/mol. The molecule has 0 fully saturated rings. The highest BCUT2D eigenvalue weighted by Crippen LogP contribution is 2.17. The predicted molar refractivity (Wildman–Crippen MR) is 88.5 cm³/mol. The third-order valence-corrected chi connectivity index (χ3v) is 3.99. The van der Waals surface area contributed by atoms with E-state index in [0.717, 1.165) is 16.4 Å². The number of H-pyrrole nitrogens is 1. The lowest BCUT2D eigenvalue weighted by Crippen LogP contribution is -2.25. The van der Waals surface area contributed by atoms with Crippen LogP contribution in [0.1, 0.15) is 15.9 Å². The Morgan fingerprint density at radius 1 is 1.10 bits per heavy atom. The molecule has 0 unspecified atom stereocenters. The molecule has 2 N–H and O–H groups in total. The van der Waals surface area contributed by atoms with E-state index in [2.05, 4.69) is 38.4 Å². The minimum atomic E-state index is -0.0395. The highest BCUT2D eigenvalue weighted by atomic mass is 79.9. The van der Waals surface area contributed by atoms with Gasteiger partial charge in [-0.25, -0.2) is 0 Å². The van der Waals surface area contributed by atoms with Gasteiger partial charge in [0.2, 0.25) is 0 Å². The van der Waals surface area contributed by atoms with Crippen molar-refractivity contribution in [3.63, 3.8) is 0 Å². The molecule has 3 rings (SSSR count). The zero-order valence-corrected chi connectivity index (χ0v) is 13.0. The molecule has 0 aliphatic carbocycles. The van der Waals surface area contributed by atoms with Gasteiger partial charge in [0.1, 0.15) is 0 Å². The van der Waals surface area contributed by atoms with Crippen molar-refractivity contribution in [3.05, 3.63) is 70.3 Å². The summed E-state index contributed by atoms with van der Waals surface area (Å²) < 4.78 is 0.970. The SMILES string of the molecule is O=C(NCCc1c[nH]c2ccccc12)c1ccc(Br)cc1. The first-order valence-electron chi connectivity index (χ1n) is 6.83. The van der Waals surface area contributed by atoms with Crippen molar-refractivity contribution < 1.29 is 4.79 Å². The number of nitrogens with one attached hydrogen (secondary N) is 2. The molecule has 0 radical (unpaired) electrons. The van der Waals surface area contributed by atoms with Crippen LogP contribution in [0.4, 0.5) is 0 Å². The van der Waals surface area contributed by atoms with Crippen LogP contribution in [0, 0.1) is 0 Å². The van der Waals surface area contributed by atoms with Crippen molar-refractivity contribution in [2.24, 2.45) is 0 Å². The van der Waals surface area contributed by atoms with Crippen LogP contribution in [0.2, 0.25) is 0 Å². The summed E-state index contributed by atoms with van der Waals surface area (Å²) in [4.78, 5) is 15.3. The predicted octanol–water partition coefficient (Wildman–Crippen LogP) is 3.90. The van der Waals surface area contributed by atoms with Crippen LogP contribution in [-0.2, 0) is 6.42 Å². The average Bonchev–Trinajstić information content (AvgIpc) is 2.91. The second kappa shape index (κ2) is 6.14. The Morgan fingerprint density at radius 2 is 1.86 bits per heavy atom. The lowest BCUT2D eigenvalue weighted by Gasteiger charge is -2.05. The van der Waals surface area contributed by atoms with E-state index in [0.29, 0.717) is 12.1 Å². The van der Waals surface area contributed by atoms with Crippen LogP contribution in [0.3, 0.4) is 0 Å². The van der Waals surface area contributed by atoms with Crippen molar-refractivity contribution in [2.45, 2.75) is 6.42 Å². The van der Waals surface area contributed by atoms with Gasteiger partial charge in [0.15, 0.2) is 0 Å². The number of hydrogen-bond donors (Lipinski definition) is 2. The summed E-state index contributed by atoms with van der Waals surface area (Å²) in [5.74, 6) is -0.0395. The summed E-state index contributed by atoms with van der Waals surface area (Å²) in [6, 6.07) is 15.5. The van der Waals surface area contributed by atoms with E-state index < -0.39 is 0 Å². The minimum Gasteiger partial charge on any atom is -0.361 e. The number of halogens is 1. The quantitative estimate of drug-likeness (QED) is 0.741. The number of para-hydroxylation sites is 1. The Morgan fingerprint density at radius 3 is 2.67 bits per heavy atom. The van der Waals surface area contributed by atoms with E-state index >= 15 is 0 Å². The van der Waals surface area contributed by atoms with Crippen molar-refractivity contribution >= 4 is 32.7 Å². The normalized spacial score (nSPS) is 10.7. The molecule has 0 aliphatic heterocycles. The summed E-state index contributed by atoms with van der Waals surface area (Å²) in [5, 5.41) is 4.17. The van der Waals surface area contributed by atoms with Gasteiger partial charge in [-0.15, -0.1) is 0 Å². The molecule has 1 heterocycles. The van der Waals surface area contributed by atoms with Crippen LogP contribution in [0.25, 0.3) is 10.9 Å². The van der Waals surface area contributed by atoms with Crippen LogP contribution < -0.4 is 5.32 Å². The van der Waals surface area contributed by atoms with Gasteiger partial charge in [0.25, 0.3) is 5.91 Å². The van der Waals surface area contributed by atoms with Crippen LogP contribution in [0.15, 0.2) is 59.2 Å². The van der Waals surface area contributed by atoms with Gasteiger partial charge in [-0.2, -0.15) is 0 Å². The van der Waals surface area contributed by atoms with E-state index in [4.69, 9.17) is 0 Å². The highest BCUT2D eigenvalue weighted by Gasteiger charge is 2.06. The number of fused-ring (bicyclic) bond motifs is 1. The maximum atomic E-state index is 12.0. The zero-order valence-electron chi connectivity index (χ0n) is 11.4. The molecular weight excluding hydrogens is 328 g/mol. The smallest absolute Gasteiger partial charge is 0.251 e. The Labute approximate surface area is 131 Å². The molecule has 0 bridgehead atoms. The summed E-state index contributed by atoms with van der Waals surface area (Å²) in [7, 11) is 0. The van der Waals surface area contributed by atoms with Gasteiger partial charge >= 0.3 is 0 Å². The van der Waals surface area contributed by atoms with Gasteiger partial charge in [-0.05, 0) is 42.3 Å². The second-order valence-corrected chi connectivity index (χ2v) is 5.79. The van der Waals surface area contributed by atoms with E-state index in [1.54, 1.807) is 0 Å². The molecule has 0 spiro atoms. The molecule has 2 aromatic carbocycles. The van der Waals surface area contributed by atoms with E-state index in [1.807, 2.05) is 42.6 Å². The maximum absolute atomic E-state index is 12.0. The lowest BCUT2D eigenvalue weighted by atomic mass is 10.1. The number of carbonyl (C=O) groups is 1. The molecule has 0 aliphatic rings. The molecule has 0 saturated carbocycles. The van der Waals surface area contributed by atoms with Crippen molar-refractivity contribution in [1.29, 1.82) is 0 Å². The Bertz CT molecular complexity index is 762. The molecule has 3 nitrogen and oxygen atoms in total. The van der Waals surface area contributed by atoms with E-state index in [-0.39, 0.29) is 5.91 Å². The summed E-state index contributed by atoms with van der Waals surface area (Å²) in [6.07, 6.45) is 2.82. The third kappa shape index (κ3) is 3.16. The number of aromatic amines is 1. The molecule has 3 aromatic rings. The van der Waals surface area contributed by atoms with Crippen molar-refractivity contribution in [3.8, 4) is 0 Å². The molecule has 4 heteroatoms. The fourth-order valence-corrected chi connectivity index (χ4v) is 2.62. The topological polar surface area (TPSA) is 44.9 Å². The fourth-order valence-electron chi connectivity index (χ4n) is 2.35. The van der Waals surface area contributed by atoms with Crippen LogP contribution in [0.5, 0.6) is 0 Å². The number of amides is 1. The van der Waals surface area contributed by atoms with E-state index in [1.165, 1.54) is 10.9 Å². The molecule has 1 amide bonds. The first-order valence-corrected chi connectivity index (χ1v) is 7.62. The van der Waals surface area contributed by atoms with Crippen molar-refractivity contribution in [1.82, 2.24) is 10.3 Å². The van der Waals surface area contributed by atoms with Gasteiger partial charge in [0.05, 0.1) is 0 Å². The molecule has 1 aromatic heterocycles. The monoisotopic (exact) mass is 342 g/mol. The molecular formula is C17H15BrN2O. The summed E-state index contributed by atoms with van der Waals surface area (Å²) in [5.41, 5.74) is 3.03. The molecule has 0 saturated heterocycles. The van der Waals surface area contributed by atoms with Gasteiger partial charge in [0, 0.05) is 33.7 Å². The largest absolute Gasteiger partial charge is 0.361 e. The molecule has 106 valence electrons. The number of carbonyl (C=O) groups excluding carboxylic acids is 1. The van der Waals surface area contributed by atoms with E-state index in [9.17, 15) is 4.79 Å². The second-order valence-electron chi connectivity index (χ2n) is 4.87. The standard InChI is InChI=1S/C17H15BrN2O/c18-14-7-5-12(6-8-14)17(21)19-10-9-13-11-20-16-4-2-1-3-15(13)16/h1-8,11,20H,9-10H2,(H,19,21). The number of rotatable bonds is 4. The number of benzene rings is 2. The number of aromatic nitrogens is 1. The molecule has 0 atom stereocenters. The zero-order chi connectivity index (χ0) is 14.7. The summed E-state index contributed by atoms with van der Waals surface area (Å²) in [6.45, 7) is 0.622. The number of hydrogen-bond acceptors (Lipinski definition) is 1. The van der Waals surface area contributed by atoms with Gasteiger partial charge < -0.3 is 10.3 Å². The van der Waals surface area contributed by atoms with Crippen LogP contribution in [-0.4, -0.2) is 17.4 Å². The Balaban J connectivity index is 1.61. The minimum absolute atomic E-state index is 0.0395. The lowest BCUT2D eigenvalue weighted by molar-refractivity contribution is 0.0954. The fraction of sp³-hybridized carbons (Fsp3) is 0.118. The first kappa shape index (κ1) is 13.9. The van der Waals surface area contributed by atoms with Crippen molar-refractivity contribution in [2.75, 3.05) is 6.54 Å². The van der Waals surface area contributed by atoms with Gasteiger partial charge in [-0.3, -0.25) is 4.79 Å². The third-order valence-electron chi connectivity index (χ3n) is 3.46. The Kier molecular flexibility index (Phi) is 4.06. The molecule has 21 heavy (non-hydrogen) atoms. The van der Waals surface area contributed by atoms with Gasteiger partial charge in [-0.1, -0.05) is 34.1 Å². The van der Waals surface area contributed by atoms with Crippen LogP contribution >= 0.6 is 15.9 Å². The maximum Gasteiger partial charge on any atom is 0.251 e. The highest BCUT2D eigenvalue weighted by molar-refractivity contribution is 9.10. The Hall–Kier alpha value is -2.07.